The maximum atomic E-state index is 11.5. The molecule has 0 aliphatic rings. The van der Waals surface area contributed by atoms with Crippen molar-refractivity contribution in [3.63, 3.8) is 0 Å². The second-order valence-corrected chi connectivity index (χ2v) is 6.36. The Morgan fingerprint density at radius 1 is 1.42 bits per heavy atom. The van der Waals surface area contributed by atoms with E-state index in [1.54, 1.807) is 20.8 Å². The third-order valence-electron chi connectivity index (χ3n) is 2.28. The number of carbonyl (C=O) groups is 1. The second kappa shape index (κ2) is 6.75. The molecule has 0 fully saturated rings. The van der Waals surface area contributed by atoms with E-state index in [1.165, 1.54) is 0 Å². The summed E-state index contributed by atoms with van der Waals surface area (Å²) in [5, 5.41) is 11.8. The van der Waals surface area contributed by atoms with E-state index in [9.17, 15) is 4.79 Å². The molecule has 0 radical (unpaired) electrons. The lowest BCUT2D eigenvalue weighted by atomic mass is 10.0. The van der Waals surface area contributed by atoms with Crippen molar-refractivity contribution in [2.24, 2.45) is 0 Å². The Labute approximate surface area is 127 Å². The van der Waals surface area contributed by atoms with Crippen molar-refractivity contribution in [2.75, 3.05) is 6.54 Å². The van der Waals surface area contributed by atoms with E-state index in [0.29, 0.717) is 0 Å². The van der Waals surface area contributed by atoms with Gasteiger partial charge in [0.25, 0.3) is 0 Å². The van der Waals surface area contributed by atoms with Crippen LogP contribution in [-0.4, -0.2) is 18.2 Å². The molecule has 0 saturated carbocycles. The Balaban J connectivity index is 2.57. The highest BCUT2D eigenvalue weighted by atomic mass is 127. The summed E-state index contributed by atoms with van der Waals surface area (Å²) < 4.78 is 6.24. The monoisotopic (exact) mass is 372 g/mol. The zero-order chi connectivity index (χ0) is 14.5. The first-order valence-corrected chi connectivity index (χ1v) is 7.01. The number of hydrogen-bond acceptors (Lipinski definition) is 3. The van der Waals surface area contributed by atoms with E-state index < -0.39 is 11.7 Å². The summed E-state index contributed by atoms with van der Waals surface area (Å²) in [6, 6.07) is 9.85. The molecule has 5 heteroatoms. The highest BCUT2D eigenvalue weighted by Gasteiger charge is 2.18. The van der Waals surface area contributed by atoms with E-state index >= 15 is 0 Å². The number of carbonyl (C=O) groups excluding carboxylic acids is 1. The van der Waals surface area contributed by atoms with Gasteiger partial charge in [-0.15, -0.1) is 0 Å². The Morgan fingerprint density at radius 2 is 2.00 bits per heavy atom. The maximum Gasteiger partial charge on any atom is 0.407 e. The van der Waals surface area contributed by atoms with Gasteiger partial charge < -0.3 is 10.1 Å². The van der Waals surface area contributed by atoms with Crippen LogP contribution in [0.1, 0.15) is 32.3 Å². The number of benzene rings is 1. The summed E-state index contributed by atoms with van der Waals surface area (Å²) in [5.74, 6) is -0.371. The molecule has 1 rings (SSSR count). The molecule has 0 aromatic heterocycles. The quantitative estimate of drug-likeness (QED) is 0.827. The van der Waals surface area contributed by atoms with Gasteiger partial charge in [0.1, 0.15) is 5.60 Å². The van der Waals surface area contributed by atoms with Gasteiger partial charge in [-0.25, -0.2) is 4.79 Å². The number of halogens is 1. The van der Waals surface area contributed by atoms with Crippen molar-refractivity contribution in [3.8, 4) is 6.07 Å². The van der Waals surface area contributed by atoms with Gasteiger partial charge in [0.2, 0.25) is 0 Å². The van der Waals surface area contributed by atoms with E-state index in [0.717, 1.165) is 9.13 Å². The van der Waals surface area contributed by atoms with Crippen LogP contribution < -0.4 is 5.32 Å². The van der Waals surface area contributed by atoms with Gasteiger partial charge in [-0.1, -0.05) is 12.1 Å². The molecule has 0 spiro atoms. The summed E-state index contributed by atoms with van der Waals surface area (Å²) in [7, 11) is 0. The van der Waals surface area contributed by atoms with Crippen LogP contribution in [0.25, 0.3) is 0 Å². The third kappa shape index (κ3) is 5.92. The number of ether oxygens (including phenoxy) is 1. The van der Waals surface area contributed by atoms with E-state index in [-0.39, 0.29) is 12.5 Å². The minimum absolute atomic E-state index is 0.242. The molecular weight excluding hydrogens is 355 g/mol. The summed E-state index contributed by atoms with van der Waals surface area (Å²) in [6.07, 6.45) is -0.502. The van der Waals surface area contributed by atoms with Gasteiger partial charge in [-0.2, -0.15) is 5.26 Å². The van der Waals surface area contributed by atoms with Gasteiger partial charge >= 0.3 is 6.09 Å². The molecule has 102 valence electrons. The number of nitriles is 1. The summed E-state index contributed by atoms with van der Waals surface area (Å²) in [5.41, 5.74) is 0.355. The van der Waals surface area contributed by atoms with Crippen LogP contribution in [-0.2, 0) is 4.74 Å². The van der Waals surface area contributed by atoms with Gasteiger partial charge in [0.05, 0.1) is 12.0 Å². The van der Waals surface area contributed by atoms with Crippen LogP contribution in [0.15, 0.2) is 24.3 Å². The van der Waals surface area contributed by atoms with Crippen LogP contribution in [0.5, 0.6) is 0 Å². The number of rotatable bonds is 3. The lowest BCUT2D eigenvalue weighted by Gasteiger charge is -2.20. The van der Waals surface area contributed by atoms with Gasteiger partial charge in [-0.3, -0.25) is 0 Å². The van der Waals surface area contributed by atoms with Crippen LogP contribution in [0.3, 0.4) is 0 Å². The Kier molecular flexibility index (Phi) is 5.60. The molecule has 0 saturated heterocycles. The van der Waals surface area contributed by atoms with Crippen molar-refractivity contribution in [1.82, 2.24) is 5.32 Å². The number of nitrogens with zero attached hydrogens (tertiary/aromatic N) is 1. The summed E-state index contributed by atoms with van der Waals surface area (Å²) in [6.45, 7) is 5.64. The molecule has 19 heavy (non-hydrogen) atoms. The third-order valence-corrected chi connectivity index (χ3v) is 3.00. The highest BCUT2D eigenvalue weighted by Crippen LogP contribution is 2.16. The van der Waals surface area contributed by atoms with Gasteiger partial charge in [0, 0.05) is 10.1 Å². The Hall–Kier alpha value is -1.29. The standard InChI is InChI=1S/C14H17IN2O2/c1-14(2,3)19-13(18)17-9-11(8-16)10-4-6-12(15)7-5-10/h4-7,11H,9H2,1-3H3,(H,17,18). The van der Waals surface area contributed by atoms with E-state index in [2.05, 4.69) is 34.0 Å². The number of alkyl carbamates (subject to hydrolysis) is 1. The average molecular weight is 372 g/mol. The molecule has 1 aromatic rings. The van der Waals surface area contributed by atoms with E-state index in [1.807, 2.05) is 24.3 Å². The Morgan fingerprint density at radius 3 is 2.47 bits per heavy atom. The van der Waals surface area contributed by atoms with Crippen LogP contribution in [0, 0.1) is 14.9 Å². The average Bonchev–Trinajstić information content (AvgIpc) is 2.29. The van der Waals surface area contributed by atoms with Crippen molar-refractivity contribution >= 4 is 28.7 Å². The van der Waals surface area contributed by atoms with Crippen LogP contribution >= 0.6 is 22.6 Å². The molecule has 1 amide bonds. The molecule has 0 bridgehead atoms. The van der Waals surface area contributed by atoms with Crippen molar-refractivity contribution < 1.29 is 9.53 Å². The van der Waals surface area contributed by atoms with E-state index in [4.69, 9.17) is 10.00 Å². The molecule has 1 aromatic carbocycles. The maximum absolute atomic E-state index is 11.5. The zero-order valence-corrected chi connectivity index (χ0v) is 13.4. The van der Waals surface area contributed by atoms with Crippen molar-refractivity contribution in [2.45, 2.75) is 32.3 Å². The predicted octanol–water partition coefficient (Wildman–Crippen LogP) is 3.42. The van der Waals surface area contributed by atoms with Gasteiger partial charge in [0.15, 0.2) is 0 Å². The van der Waals surface area contributed by atoms with Crippen LogP contribution in [0.2, 0.25) is 0 Å². The predicted molar refractivity (Wildman–Crippen MR) is 81.7 cm³/mol. The summed E-state index contributed by atoms with van der Waals surface area (Å²) >= 11 is 2.21. The number of nitrogens with one attached hydrogen (secondary N) is 1. The molecule has 1 N–H and O–H groups in total. The SMILES string of the molecule is CC(C)(C)OC(=O)NCC(C#N)c1ccc(I)cc1. The Bertz CT molecular complexity index is 472. The molecule has 0 heterocycles. The first kappa shape index (κ1) is 15.8. The second-order valence-electron chi connectivity index (χ2n) is 5.12. The fourth-order valence-electron chi connectivity index (χ4n) is 1.43. The minimum Gasteiger partial charge on any atom is -0.444 e. The molecular formula is C14H17IN2O2. The molecule has 1 unspecified atom stereocenters. The van der Waals surface area contributed by atoms with Crippen molar-refractivity contribution in [3.05, 3.63) is 33.4 Å². The first-order chi connectivity index (χ1) is 8.81. The molecule has 0 aliphatic heterocycles. The highest BCUT2D eigenvalue weighted by molar-refractivity contribution is 14.1. The van der Waals surface area contributed by atoms with Gasteiger partial charge in [-0.05, 0) is 61.1 Å². The smallest absolute Gasteiger partial charge is 0.407 e. The topological polar surface area (TPSA) is 62.1 Å². The zero-order valence-electron chi connectivity index (χ0n) is 11.2. The first-order valence-electron chi connectivity index (χ1n) is 5.94. The van der Waals surface area contributed by atoms with Crippen molar-refractivity contribution in [1.29, 1.82) is 5.26 Å². The number of amides is 1. The molecule has 0 aliphatic carbocycles. The fourth-order valence-corrected chi connectivity index (χ4v) is 1.79. The largest absolute Gasteiger partial charge is 0.444 e. The fraction of sp³-hybridized carbons (Fsp3) is 0.429. The lowest BCUT2D eigenvalue weighted by molar-refractivity contribution is 0.0527. The minimum atomic E-state index is -0.533. The lowest BCUT2D eigenvalue weighted by Crippen LogP contribution is -2.34. The number of hydrogen-bond donors (Lipinski definition) is 1. The normalized spacial score (nSPS) is 12.4. The summed E-state index contributed by atoms with van der Waals surface area (Å²) in [4.78, 5) is 11.5. The molecule has 4 nitrogen and oxygen atoms in total. The molecule has 1 atom stereocenters. The van der Waals surface area contributed by atoms with Crippen LogP contribution in [0.4, 0.5) is 4.79 Å².